The van der Waals surface area contributed by atoms with Crippen LogP contribution in [0, 0.1) is 0 Å². The number of methoxy groups -OCH3 is 1. The van der Waals surface area contributed by atoms with E-state index in [4.69, 9.17) is 27.4 Å². The van der Waals surface area contributed by atoms with Gasteiger partial charge in [-0.1, -0.05) is 12.1 Å². The Bertz CT molecular complexity index is 567. The number of hydrogen-bond acceptors (Lipinski definition) is 5. The van der Waals surface area contributed by atoms with E-state index >= 15 is 0 Å². The molecule has 126 valence electrons. The number of carbonyl (C=O) groups excluding carboxylic acids is 2. The number of para-hydroxylation sites is 1. The molecule has 0 aliphatic rings. The molecule has 0 aromatic heterocycles. The number of hydrazine groups is 1. The zero-order valence-corrected chi connectivity index (χ0v) is 13.7. The lowest BCUT2D eigenvalue weighted by atomic mass is 10.2. The molecular formula is C14H20N4O4S. The molecule has 0 saturated heterocycles. The smallest absolute Gasteiger partial charge is 0.276 e. The van der Waals surface area contributed by atoms with Crippen LogP contribution in [-0.4, -0.2) is 43.3 Å². The standard InChI is InChI=1S/C14H20N4O4S/c1-9(7-21-2)16-14(23)18-17-12(19)8-22-11-6-4-3-5-10(11)13(15)20/h3-6,9H,7-8H2,1-2H3,(H2,15,20)(H,17,19)(H2,16,18,23)/t9-/m0/s1. The summed E-state index contributed by atoms with van der Waals surface area (Å²) in [6, 6.07) is 6.40. The van der Waals surface area contributed by atoms with Crippen molar-refractivity contribution in [2.45, 2.75) is 13.0 Å². The summed E-state index contributed by atoms with van der Waals surface area (Å²) < 4.78 is 10.2. The molecule has 0 fully saturated rings. The molecule has 0 aliphatic heterocycles. The van der Waals surface area contributed by atoms with Crippen molar-refractivity contribution in [1.29, 1.82) is 0 Å². The predicted octanol–water partition coefficient (Wildman–Crippen LogP) is -0.305. The molecule has 0 radical (unpaired) electrons. The fourth-order valence-electron chi connectivity index (χ4n) is 1.65. The van der Waals surface area contributed by atoms with Crippen LogP contribution >= 0.6 is 12.2 Å². The maximum absolute atomic E-state index is 11.7. The molecule has 0 spiro atoms. The lowest BCUT2D eigenvalue weighted by molar-refractivity contribution is -0.123. The summed E-state index contributed by atoms with van der Waals surface area (Å²) in [7, 11) is 1.58. The average Bonchev–Trinajstić information content (AvgIpc) is 2.51. The fourth-order valence-corrected chi connectivity index (χ4v) is 1.91. The monoisotopic (exact) mass is 340 g/mol. The third-order valence-corrected chi connectivity index (χ3v) is 2.84. The van der Waals surface area contributed by atoms with Gasteiger partial charge >= 0.3 is 0 Å². The molecule has 0 aliphatic carbocycles. The van der Waals surface area contributed by atoms with Gasteiger partial charge in [-0.05, 0) is 31.3 Å². The van der Waals surface area contributed by atoms with E-state index in [1.54, 1.807) is 25.3 Å². The van der Waals surface area contributed by atoms with Crippen LogP contribution < -0.4 is 26.6 Å². The zero-order valence-electron chi connectivity index (χ0n) is 12.9. The van der Waals surface area contributed by atoms with Crippen molar-refractivity contribution in [1.82, 2.24) is 16.2 Å². The molecule has 0 unspecified atom stereocenters. The topological polar surface area (TPSA) is 115 Å². The van der Waals surface area contributed by atoms with Gasteiger partial charge in [-0.15, -0.1) is 0 Å². The van der Waals surface area contributed by atoms with Crippen molar-refractivity contribution in [3.05, 3.63) is 29.8 Å². The van der Waals surface area contributed by atoms with E-state index < -0.39 is 11.8 Å². The van der Waals surface area contributed by atoms with E-state index in [9.17, 15) is 9.59 Å². The van der Waals surface area contributed by atoms with E-state index in [1.165, 1.54) is 6.07 Å². The van der Waals surface area contributed by atoms with Crippen molar-refractivity contribution in [2.75, 3.05) is 20.3 Å². The minimum absolute atomic E-state index is 0.00408. The number of carbonyl (C=O) groups is 2. The first kappa shape index (κ1) is 18.7. The summed E-state index contributed by atoms with van der Waals surface area (Å²) in [5, 5.41) is 3.16. The molecular weight excluding hydrogens is 320 g/mol. The summed E-state index contributed by atoms with van der Waals surface area (Å²) in [6.45, 7) is 2.06. The highest BCUT2D eigenvalue weighted by molar-refractivity contribution is 7.80. The summed E-state index contributed by atoms with van der Waals surface area (Å²) in [4.78, 5) is 22.9. The normalized spacial score (nSPS) is 11.2. The Morgan fingerprint density at radius 2 is 2.00 bits per heavy atom. The molecule has 1 aromatic carbocycles. The lowest BCUT2D eigenvalue weighted by Crippen LogP contribution is -2.51. The number of thiocarbonyl (C=S) groups is 1. The van der Waals surface area contributed by atoms with Gasteiger partial charge in [0.05, 0.1) is 12.2 Å². The maximum Gasteiger partial charge on any atom is 0.276 e. The largest absolute Gasteiger partial charge is 0.483 e. The highest BCUT2D eigenvalue weighted by Crippen LogP contribution is 2.16. The highest BCUT2D eigenvalue weighted by atomic mass is 32.1. The van der Waals surface area contributed by atoms with Gasteiger partial charge in [-0.3, -0.25) is 20.4 Å². The van der Waals surface area contributed by atoms with Crippen LogP contribution in [0.1, 0.15) is 17.3 Å². The van der Waals surface area contributed by atoms with Gasteiger partial charge in [0.1, 0.15) is 5.75 Å². The number of primary amides is 1. The van der Waals surface area contributed by atoms with Gasteiger partial charge in [-0.25, -0.2) is 0 Å². The van der Waals surface area contributed by atoms with Crippen LogP contribution in [0.5, 0.6) is 5.75 Å². The van der Waals surface area contributed by atoms with E-state index in [0.29, 0.717) is 6.61 Å². The Labute approximate surface area is 139 Å². The maximum atomic E-state index is 11.7. The molecule has 0 bridgehead atoms. The highest BCUT2D eigenvalue weighted by Gasteiger charge is 2.10. The molecule has 1 atom stereocenters. The Morgan fingerprint density at radius 1 is 1.30 bits per heavy atom. The van der Waals surface area contributed by atoms with Crippen molar-refractivity contribution in [3.8, 4) is 5.75 Å². The number of ether oxygens (including phenoxy) is 2. The molecule has 9 heteroatoms. The van der Waals surface area contributed by atoms with E-state index in [0.717, 1.165) is 0 Å². The summed E-state index contributed by atoms with van der Waals surface area (Å²) in [5.74, 6) is -0.853. The van der Waals surface area contributed by atoms with Crippen LogP contribution in [-0.2, 0) is 9.53 Å². The molecule has 0 saturated carbocycles. The Hall–Kier alpha value is -2.39. The van der Waals surface area contributed by atoms with Gasteiger partial charge in [0.15, 0.2) is 11.7 Å². The Kier molecular flexibility index (Phi) is 7.78. The summed E-state index contributed by atoms with van der Waals surface area (Å²) in [6.07, 6.45) is 0. The number of nitrogens with two attached hydrogens (primary N) is 1. The average molecular weight is 340 g/mol. The SMILES string of the molecule is COC[C@H](C)NC(=S)NNC(=O)COc1ccccc1C(N)=O. The number of rotatable bonds is 7. The van der Waals surface area contributed by atoms with Crippen molar-refractivity contribution in [3.63, 3.8) is 0 Å². The van der Waals surface area contributed by atoms with Gasteiger partial charge in [0.25, 0.3) is 11.8 Å². The second-order valence-corrected chi connectivity index (χ2v) is 5.06. The van der Waals surface area contributed by atoms with E-state index in [-0.39, 0.29) is 29.1 Å². The minimum atomic E-state index is -0.628. The van der Waals surface area contributed by atoms with Gasteiger partial charge in [0, 0.05) is 13.2 Å². The first-order chi connectivity index (χ1) is 10.9. The number of nitrogens with one attached hydrogen (secondary N) is 3. The second-order valence-electron chi connectivity index (χ2n) is 4.65. The summed E-state index contributed by atoms with van der Waals surface area (Å²) in [5.41, 5.74) is 10.3. The van der Waals surface area contributed by atoms with E-state index in [2.05, 4.69) is 16.2 Å². The first-order valence-corrected chi connectivity index (χ1v) is 7.20. The third kappa shape index (κ3) is 6.94. The van der Waals surface area contributed by atoms with Crippen LogP contribution in [0.4, 0.5) is 0 Å². The zero-order chi connectivity index (χ0) is 17.2. The van der Waals surface area contributed by atoms with Gasteiger partial charge in [0.2, 0.25) is 0 Å². The molecule has 2 amide bonds. The van der Waals surface area contributed by atoms with Crippen molar-refractivity contribution < 1.29 is 19.1 Å². The third-order valence-electron chi connectivity index (χ3n) is 2.62. The predicted molar refractivity (Wildman–Crippen MR) is 88.8 cm³/mol. The van der Waals surface area contributed by atoms with Crippen LogP contribution in [0.25, 0.3) is 0 Å². The molecule has 5 N–H and O–H groups in total. The van der Waals surface area contributed by atoms with Crippen LogP contribution in [0.2, 0.25) is 0 Å². The summed E-state index contributed by atoms with van der Waals surface area (Å²) >= 11 is 5.00. The van der Waals surface area contributed by atoms with Gasteiger partial charge < -0.3 is 20.5 Å². The molecule has 1 aromatic rings. The fraction of sp³-hybridized carbons (Fsp3) is 0.357. The molecule has 0 heterocycles. The number of hydrogen-bond donors (Lipinski definition) is 4. The number of amides is 2. The molecule has 1 rings (SSSR count). The van der Waals surface area contributed by atoms with Crippen molar-refractivity contribution >= 4 is 29.1 Å². The molecule has 23 heavy (non-hydrogen) atoms. The quantitative estimate of drug-likeness (QED) is 0.398. The lowest BCUT2D eigenvalue weighted by Gasteiger charge is -2.16. The van der Waals surface area contributed by atoms with Gasteiger partial charge in [-0.2, -0.15) is 0 Å². The number of benzene rings is 1. The Morgan fingerprint density at radius 3 is 2.65 bits per heavy atom. The van der Waals surface area contributed by atoms with E-state index in [1.807, 2.05) is 6.92 Å². The molecule has 8 nitrogen and oxygen atoms in total. The van der Waals surface area contributed by atoms with Crippen molar-refractivity contribution in [2.24, 2.45) is 5.73 Å². The van der Waals surface area contributed by atoms with Crippen LogP contribution in [0.3, 0.4) is 0 Å². The minimum Gasteiger partial charge on any atom is -0.483 e. The Balaban J connectivity index is 2.38. The first-order valence-electron chi connectivity index (χ1n) is 6.80. The van der Waals surface area contributed by atoms with Crippen LogP contribution in [0.15, 0.2) is 24.3 Å². The second kappa shape index (κ2) is 9.59.